The summed E-state index contributed by atoms with van der Waals surface area (Å²) in [5.74, 6) is -0.554. The van der Waals surface area contributed by atoms with Crippen LogP contribution in [0.1, 0.15) is 21.5 Å². The molecule has 0 aliphatic heterocycles. The molecule has 4 nitrogen and oxygen atoms in total. The van der Waals surface area contributed by atoms with Crippen molar-refractivity contribution in [3.63, 3.8) is 0 Å². The van der Waals surface area contributed by atoms with Crippen LogP contribution in [0.2, 0.25) is 0 Å². The first kappa shape index (κ1) is 20.6. The van der Waals surface area contributed by atoms with Gasteiger partial charge in [-0.15, -0.1) is 11.8 Å². The van der Waals surface area contributed by atoms with Crippen molar-refractivity contribution in [3.8, 4) is 0 Å². The van der Waals surface area contributed by atoms with E-state index in [0.29, 0.717) is 11.3 Å². The van der Waals surface area contributed by atoms with Gasteiger partial charge in [-0.2, -0.15) is 0 Å². The van der Waals surface area contributed by atoms with Gasteiger partial charge in [0.15, 0.2) is 0 Å². The van der Waals surface area contributed by atoms with Crippen LogP contribution in [0, 0.1) is 19.7 Å². The first-order valence-electron chi connectivity index (χ1n) is 9.07. The molecule has 0 saturated carbocycles. The first-order valence-corrected chi connectivity index (χ1v) is 10.1. The van der Waals surface area contributed by atoms with Crippen LogP contribution in [0.4, 0.5) is 15.8 Å². The van der Waals surface area contributed by atoms with Crippen molar-refractivity contribution in [2.45, 2.75) is 18.7 Å². The molecule has 2 amide bonds. The van der Waals surface area contributed by atoms with E-state index in [1.54, 1.807) is 12.1 Å². The van der Waals surface area contributed by atoms with Gasteiger partial charge < -0.3 is 10.6 Å². The largest absolute Gasteiger partial charge is 0.325 e. The van der Waals surface area contributed by atoms with Crippen LogP contribution >= 0.6 is 11.8 Å². The number of carbonyl (C=O) groups excluding carboxylic acids is 2. The van der Waals surface area contributed by atoms with Gasteiger partial charge in [-0.3, -0.25) is 9.59 Å². The predicted octanol–water partition coefficient (Wildman–Crippen LogP) is 5.43. The minimum atomic E-state index is -0.390. The van der Waals surface area contributed by atoms with Gasteiger partial charge in [0.25, 0.3) is 5.91 Å². The third-order valence-corrected chi connectivity index (χ3v) is 5.07. The Balaban J connectivity index is 1.57. The highest BCUT2D eigenvalue weighted by Crippen LogP contribution is 2.23. The topological polar surface area (TPSA) is 58.2 Å². The van der Waals surface area contributed by atoms with Crippen LogP contribution in [-0.2, 0) is 4.79 Å². The van der Waals surface area contributed by atoms with E-state index in [-0.39, 0.29) is 23.4 Å². The van der Waals surface area contributed by atoms with Gasteiger partial charge in [0, 0.05) is 21.8 Å². The molecule has 3 aromatic carbocycles. The van der Waals surface area contributed by atoms with Crippen LogP contribution in [-0.4, -0.2) is 17.6 Å². The second-order valence-electron chi connectivity index (χ2n) is 6.70. The SMILES string of the molecule is Cc1cc(C)cc(NC(=O)CSc2cccc(NC(=O)c3ccc(F)cc3)c2)c1. The molecule has 6 heteroatoms. The van der Waals surface area contributed by atoms with Gasteiger partial charge in [-0.25, -0.2) is 4.39 Å². The number of halogens is 1. The molecule has 3 rings (SSSR count). The molecule has 0 aliphatic carbocycles. The van der Waals surface area contributed by atoms with E-state index in [1.165, 1.54) is 36.0 Å². The molecule has 0 radical (unpaired) electrons. The van der Waals surface area contributed by atoms with Gasteiger partial charge >= 0.3 is 0 Å². The van der Waals surface area contributed by atoms with E-state index < -0.39 is 0 Å². The lowest BCUT2D eigenvalue weighted by atomic mass is 10.1. The first-order chi connectivity index (χ1) is 13.9. The normalized spacial score (nSPS) is 10.4. The van der Waals surface area contributed by atoms with Crippen molar-refractivity contribution in [2.24, 2.45) is 0 Å². The molecule has 0 aliphatic rings. The number of benzene rings is 3. The number of carbonyl (C=O) groups is 2. The molecule has 0 heterocycles. The van der Waals surface area contributed by atoms with Gasteiger partial charge in [0.2, 0.25) is 5.91 Å². The zero-order valence-electron chi connectivity index (χ0n) is 16.2. The van der Waals surface area contributed by atoms with Crippen LogP contribution in [0.5, 0.6) is 0 Å². The summed E-state index contributed by atoms with van der Waals surface area (Å²) < 4.78 is 13.0. The highest BCUT2D eigenvalue weighted by atomic mass is 32.2. The van der Waals surface area contributed by atoms with Crippen LogP contribution in [0.25, 0.3) is 0 Å². The van der Waals surface area contributed by atoms with Crippen molar-refractivity contribution in [2.75, 3.05) is 16.4 Å². The number of hydrogen-bond acceptors (Lipinski definition) is 3. The summed E-state index contributed by atoms with van der Waals surface area (Å²) in [5.41, 5.74) is 3.96. The van der Waals surface area contributed by atoms with E-state index in [0.717, 1.165) is 21.7 Å². The Bertz CT molecular complexity index is 1020. The predicted molar refractivity (Wildman–Crippen MR) is 116 cm³/mol. The summed E-state index contributed by atoms with van der Waals surface area (Å²) in [7, 11) is 0. The Morgan fingerprint density at radius 1 is 0.862 bits per heavy atom. The standard InChI is InChI=1S/C23H21FN2O2S/c1-15-10-16(2)12-20(11-15)25-22(27)14-29-21-5-3-4-19(13-21)26-23(28)17-6-8-18(24)9-7-17/h3-13H,14H2,1-2H3,(H,25,27)(H,26,28). The molecular weight excluding hydrogens is 387 g/mol. The fraction of sp³-hybridized carbons (Fsp3) is 0.130. The molecule has 0 fully saturated rings. The number of thioether (sulfide) groups is 1. The van der Waals surface area contributed by atoms with Crippen molar-refractivity contribution < 1.29 is 14.0 Å². The Morgan fingerprint density at radius 3 is 2.24 bits per heavy atom. The molecule has 3 aromatic rings. The maximum atomic E-state index is 13.0. The molecule has 0 bridgehead atoms. The number of rotatable bonds is 6. The summed E-state index contributed by atoms with van der Waals surface area (Å²) >= 11 is 1.38. The molecular formula is C23H21FN2O2S. The van der Waals surface area contributed by atoms with Crippen molar-refractivity contribution in [1.29, 1.82) is 0 Å². The second kappa shape index (κ2) is 9.39. The molecule has 0 saturated heterocycles. The minimum absolute atomic E-state index is 0.0965. The summed E-state index contributed by atoms with van der Waals surface area (Å²) in [5, 5.41) is 5.69. The lowest BCUT2D eigenvalue weighted by molar-refractivity contribution is -0.113. The van der Waals surface area contributed by atoms with Crippen LogP contribution in [0.3, 0.4) is 0 Å². The molecule has 2 N–H and O–H groups in total. The quantitative estimate of drug-likeness (QED) is 0.535. The maximum absolute atomic E-state index is 13.0. The lowest BCUT2D eigenvalue weighted by Gasteiger charge is -2.09. The fourth-order valence-corrected chi connectivity index (χ4v) is 3.62. The minimum Gasteiger partial charge on any atom is -0.325 e. The molecule has 0 spiro atoms. The van der Waals surface area contributed by atoms with Crippen LogP contribution < -0.4 is 10.6 Å². The number of amides is 2. The number of hydrogen-bond donors (Lipinski definition) is 2. The third kappa shape index (κ3) is 6.19. The smallest absolute Gasteiger partial charge is 0.255 e. The molecule has 148 valence electrons. The van der Waals surface area contributed by atoms with E-state index >= 15 is 0 Å². The summed E-state index contributed by atoms with van der Waals surface area (Å²) in [6, 6.07) is 18.5. The van der Waals surface area contributed by atoms with Gasteiger partial charge in [0.1, 0.15) is 5.82 Å². The Hall–Kier alpha value is -3.12. The maximum Gasteiger partial charge on any atom is 0.255 e. The van der Waals surface area contributed by atoms with Crippen molar-refractivity contribution in [3.05, 3.63) is 89.2 Å². The Morgan fingerprint density at radius 2 is 1.55 bits per heavy atom. The van der Waals surface area contributed by atoms with Gasteiger partial charge in [-0.05, 0) is 79.6 Å². The molecule has 0 atom stereocenters. The van der Waals surface area contributed by atoms with E-state index in [2.05, 4.69) is 16.7 Å². The van der Waals surface area contributed by atoms with Crippen molar-refractivity contribution in [1.82, 2.24) is 0 Å². The lowest BCUT2D eigenvalue weighted by Crippen LogP contribution is -2.14. The van der Waals surface area contributed by atoms with E-state index in [4.69, 9.17) is 0 Å². The molecule has 29 heavy (non-hydrogen) atoms. The van der Waals surface area contributed by atoms with Crippen LogP contribution in [0.15, 0.2) is 71.6 Å². The number of anilines is 2. The monoisotopic (exact) mass is 408 g/mol. The van der Waals surface area contributed by atoms with Crippen molar-refractivity contribution >= 4 is 35.0 Å². The fourth-order valence-electron chi connectivity index (χ4n) is 2.86. The van der Waals surface area contributed by atoms with E-state index in [9.17, 15) is 14.0 Å². The number of aryl methyl sites for hydroxylation is 2. The second-order valence-corrected chi connectivity index (χ2v) is 7.75. The van der Waals surface area contributed by atoms with Gasteiger partial charge in [-0.1, -0.05) is 12.1 Å². The average Bonchev–Trinajstić information content (AvgIpc) is 2.66. The summed E-state index contributed by atoms with van der Waals surface area (Å²) in [6.07, 6.45) is 0. The van der Waals surface area contributed by atoms with E-state index in [1.807, 2.05) is 38.1 Å². The molecule has 0 unspecified atom stereocenters. The third-order valence-electron chi connectivity index (χ3n) is 4.07. The summed E-state index contributed by atoms with van der Waals surface area (Å²) in [6.45, 7) is 3.98. The van der Waals surface area contributed by atoms with Gasteiger partial charge in [0.05, 0.1) is 5.75 Å². The number of nitrogens with one attached hydrogen (secondary N) is 2. The Labute approximate surface area is 173 Å². The average molecular weight is 408 g/mol. The molecule has 0 aromatic heterocycles. The zero-order chi connectivity index (χ0) is 20.8. The Kier molecular flexibility index (Phi) is 6.67. The highest BCUT2D eigenvalue weighted by molar-refractivity contribution is 8.00. The highest BCUT2D eigenvalue weighted by Gasteiger charge is 2.08. The summed E-state index contributed by atoms with van der Waals surface area (Å²) in [4.78, 5) is 25.4. The zero-order valence-corrected chi connectivity index (χ0v) is 17.0.